The van der Waals surface area contributed by atoms with Gasteiger partial charge in [0.25, 0.3) is 0 Å². The van der Waals surface area contributed by atoms with Crippen LogP contribution in [0.4, 0.5) is 6.01 Å². The average Bonchev–Trinajstić information content (AvgIpc) is 2.85. The fraction of sp³-hybridized carbons (Fsp3) is 0.273. The average molecular weight is 235 g/mol. The molecule has 1 N–H and O–H groups in total. The minimum Gasteiger partial charge on any atom is -0.497 e. The van der Waals surface area contributed by atoms with Crippen molar-refractivity contribution in [1.82, 2.24) is 10.2 Å². The number of methoxy groups -OCH3 is 2. The van der Waals surface area contributed by atoms with E-state index in [9.17, 15) is 0 Å². The third-order valence-corrected chi connectivity index (χ3v) is 2.18. The van der Waals surface area contributed by atoms with E-state index < -0.39 is 0 Å². The van der Waals surface area contributed by atoms with Crippen LogP contribution in [0.5, 0.6) is 11.8 Å². The molecule has 0 aliphatic carbocycles. The summed E-state index contributed by atoms with van der Waals surface area (Å²) < 4.78 is 15.0. The van der Waals surface area contributed by atoms with Crippen LogP contribution in [0.1, 0.15) is 5.56 Å². The molecule has 17 heavy (non-hydrogen) atoms. The Bertz CT molecular complexity index is 467. The van der Waals surface area contributed by atoms with Crippen LogP contribution < -0.4 is 14.8 Å². The maximum absolute atomic E-state index is 5.12. The lowest BCUT2D eigenvalue weighted by Crippen LogP contribution is -1.99. The summed E-state index contributed by atoms with van der Waals surface area (Å²) in [5.74, 6) is 0.827. The molecule has 1 heterocycles. The van der Waals surface area contributed by atoms with Gasteiger partial charge in [-0.1, -0.05) is 22.3 Å². The van der Waals surface area contributed by atoms with Crippen LogP contribution in [-0.2, 0) is 6.54 Å². The third-order valence-electron chi connectivity index (χ3n) is 2.18. The van der Waals surface area contributed by atoms with Crippen molar-refractivity contribution in [3.05, 3.63) is 29.8 Å². The Morgan fingerprint density at radius 2 is 1.88 bits per heavy atom. The molecule has 0 amide bonds. The highest BCUT2D eigenvalue weighted by atomic mass is 16.6. The predicted molar refractivity (Wildman–Crippen MR) is 61.2 cm³/mol. The fourth-order valence-corrected chi connectivity index (χ4v) is 1.28. The zero-order valence-electron chi connectivity index (χ0n) is 9.64. The number of aromatic nitrogens is 2. The van der Waals surface area contributed by atoms with Crippen molar-refractivity contribution >= 4 is 6.01 Å². The molecule has 0 saturated heterocycles. The van der Waals surface area contributed by atoms with E-state index in [1.54, 1.807) is 7.11 Å². The summed E-state index contributed by atoms with van der Waals surface area (Å²) in [4.78, 5) is 0. The van der Waals surface area contributed by atoms with Crippen molar-refractivity contribution in [2.45, 2.75) is 6.54 Å². The molecular weight excluding hydrogens is 222 g/mol. The van der Waals surface area contributed by atoms with Gasteiger partial charge in [0.1, 0.15) is 5.75 Å². The Labute approximate surface area is 98.6 Å². The number of rotatable bonds is 5. The molecule has 0 fully saturated rings. The first-order valence-corrected chi connectivity index (χ1v) is 5.06. The molecule has 0 spiro atoms. The van der Waals surface area contributed by atoms with Gasteiger partial charge in [0, 0.05) is 6.54 Å². The summed E-state index contributed by atoms with van der Waals surface area (Å²) >= 11 is 0. The molecule has 0 aliphatic rings. The zero-order chi connectivity index (χ0) is 12.1. The molecule has 6 nitrogen and oxygen atoms in total. The molecule has 2 aromatic rings. The molecule has 90 valence electrons. The van der Waals surface area contributed by atoms with Crippen LogP contribution >= 0.6 is 0 Å². The monoisotopic (exact) mass is 235 g/mol. The maximum atomic E-state index is 5.12. The van der Waals surface area contributed by atoms with Gasteiger partial charge in [-0.2, -0.15) is 0 Å². The first-order chi connectivity index (χ1) is 8.31. The molecule has 0 saturated carbocycles. The molecule has 6 heteroatoms. The van der Waals surface area contributed by atoms with Gasteiger partial charge >= 0.3 is 12.1 Å². The lowest BCUT2D eigenvalue weighted by molar-refractivity contribution is 0.293. The van der Waals surface area contributed by atoms with E-state index >= 15 is 0 Å². The summed E-state index contributed by atoms with van der Waals surface area (Å²) in [7, 11) is 3.11. The number of nitrogens with one attached hydrogen (secondary N) is 1. The predicted octanol–water partition coefficient (Wildman–Crippen LogP) is 1.70. The van der Waals surface area contributed by atoms with Crippen LogP contribution in [0.2, 0.25) is 0 Å². The zero-order valence-corrected chi connectivity index (χ0v) is 9.64. The van der Waals surface area contributed by atoms with E-state index in [4.69, 9.17) is 13.9 Å². The van der Waals surface area contributed by atoms with Crippen molar-refractivity contribution in [3.63, 3.8) is 0 Å². The van der Waals surface area contributed by atoms with Crippen LogP contribution in [0, 0.1) is 0 Å². The van der Waals surface area contributed by atoms with E-state index in [2.05, 4.69) is 15.5 Å². The molecule has 0 atom stereocenters. The first-order valence-electron chi connectivity index (χ1n) is 5.06. The molecule has 0 aliphatic heterocycles. The third kappa shape index (κ3) is 2.87. The van der Waals surface area contributed by atoms with Crippen molar-refractivity contribution in [2.24, 2.45) is 0 Å². The van der Waals surface area contributed by atoms with Gasteiger partial charge in [0.2, 0.25) is 0 Å². The number of nitrogens with zero attached hydrogens (tertiary/aromatic N) is 2. The molecular formula is C11H13N3O3. The van der Waals surface area contributed by atoms with E-state index in [0.29, 0.717) is 12.6 Å². The second-order valence-corrected chi connectivity index (χ2v) is 3.28. The quantitative estimate of drug-likeness (QED) is 0.850. The number of anilines is 1. The van der Waals surface area contributed by atoms with E-state index in [-0.39, 0.29) is 6.08 Å². The molecule has 0 bridgehead atoms. The SMILES string of the molecule is COc1ccc(CNc2nnc(OC)o2)cc1. The van der Waals surface area contributed by atoms with Crippen molar-refractivity contribution in [1.29, 1.82) is 0 Å². The van der Waals surface area contributed by atoms with E-state index in [1.165, 1.54) is 7.11 Å². The van der Waals surface area contributed by atoms with Gasteiger partial charge in [0.15, 0.2) is 0 Å². The molecule has 0 unspecified atom stereocenters. The summed E-state index contributed by atoms with van der Waals surface area (Å²) in [6, 6.07) is 8.04. The Hall–Kier alpha value is -2.24. The Kier molecular flexibility index (Phi) is 3.44. The van der Waals surface area contributed by atoms with Crippen molar-refractivity contribution in [2.75, 3.05) is 19.5 Å². The Morgan fingerprint density at radius 3 is 2.47 bits per heavy atom. The fourth-order valence-electron chi connectivity index (χ4n) is 1.28. The van der Waals surface area contributed by atoms with Gasteiger partial charge in [0.05, 0.1) is 14.2 Å². The van der Waals surface area contributed by atoms with Crippen LogP contribution in [0.15, 0.2) is 28.7 Å². The van der Waals surface area contributed by atoms with Crippen LogP contribution in [-0.4, -0.2) is 24.4 Å². The lowest BCUT2D eigenvalue weighted by atomic mass is 10.2. The van der Waals surface area contributed by atoms with Gasteiger partial charge in [-0.15, -0.1) is 0 Å². The number of benzene rings is 1. The van der Waals surface area contributed by atoms with E-state index in [1.807, 2.05) is 24.3 Å². The number of hydrogen-bond donors (Lipinski definition) is 1. The van der Waals surface area contributed by atoms with Gasteiger partial charge in [-0.05, 0) is 17.7 Å². The minimum atomic E-state index is 0.141. The standard InChI is InChI=1S/C11H13N3O3/c1-15-9-5-3-8(4-6-9)7-12-10-13-14-11(16-2)17-10/h3-6H,7H2,1-2H3,(H,12,13). The number of ether oxygens (including phenoxy) is 2. The molecule has 2 rings (SSSR count). The second-order valence-electron chi connectivity index (χ2n) is 3.28. The lowest BCUT2D eigenvalue weighted by Gasteiger charge is -2.03. The van der Waals surface area contributed by atoms with Crippen molar-refractivity contribution < 1.29 is 13.9 Å². The van der Waals surface area contributed by atoms with Crippen LogP contribution in [0.3, 0.4) is 0 Å². The highest BCUT2D eigenvalue weighted by Crippen LogP contribution is 2.14. The minimum absolute atomic E-state index is 0.141. The smallest absolute Gasteiger partial charge is 0.415 e. The highest BCUT2D eigenvalue weighted by Gasteiger charge is 2.04. The molecule has 1 aromatic heterocycles. The first kappa shape index (κ1) is 11.3. The summed E-state index contributed by atoms with van der Waals surface area (Å²) in [5.41, 5.74) is 1.09. The molecule has 1 aromatic carbocycles. The van der Waals surface area contributed by atoms with E-state index in [0.717, 1.165) is 11.3 Å². The molecule has 0 radical (unpaired) electrons. The largest absolute Gasteiger partial charge is 0.497 e. The van der Waals surface area contributed by atoms with Gasteiger partial charge < -0.3 is 19.2 Å². The normalized spacial score (nSPS) is 10.0. The topological polar surface area (TPSA) is 69.4 Å². The Morgan fingerprint density at radius 1 is 1.12 bits per heavy atom. The second kappa shape index (κ2) is 5.20. The number of hydrogen-bond acceptors (Lipinski definition) is 6. The Balaban J connectivity index is 1.92. The summed E-state index contributed by atoms with van der Waals surface area (Å²) in [6.07, 6.45) is 0.141. The van der Waals surface area contributed by atoms with Crippen LogP contribution in [0.25, 0.3) is 0 Å². The van der Waals surface area contributed by atoms with Gasteiger partial charge in [-0.3, -0.25) is 0 Å². The van der Waals surface area contributed by atoms with Gasteiger partial charge in [-0.25, -0.2) is 0 Å². The maximum Gasteiger partial charge on any atom is 0.415 e. The van der Waals surface area contributed by atoms with Crippen molar-refractivity contribution in [3.8, 4) is 11.8 Å². The highest BCUT2D eigenvalue weighted by molar-refractivity contribution is 5.30. The summed E-state index contributed by atoms with van der Waals surface area (Å²) in [6.45, 7) is 0.593. The summed E-state index contributed by atoms with van der Waals surface area (Å²) in [5, 5.41) is 10.4.